The van der Waals surface area contributed by atoms with Gasteiger partial charge in [-0.2, -0.15) is 5.26 Å². The van der Waals surface area contributed by atoms with Crippen LogP contribution in [0.2, 0.25) is 0 Å². The number of ether oxygens (including phenoxy) is 2. The lowest BCUT2D eigenvalue weighted by atomic mass is 10.1. The van der Waals surface area contributed by atoms with E-state index >= 15 is 0 Å². The molecule has 1 unspecified atom stereocenters. The van der Waals surface area contributed by atoms with Gasteiger partial charge in [0.2, 0.25) is 0 Å². The van der Waals surface area contributed by atoms with Gasteiger partial charge >= 0.3 is 0 Å². The quantitative estimate of drug-likeness (QED) is 0.866. The van der Waals surface area contributed by atoms with Crippen molar-refractivity contribution in [2.24, 2.45) is 0 Å². The summed E-state index contributed by atoms with van der Waals surface area (Å²) in [6.45, 7) is 1.77. The zero-order valence-electron chi connectivity index (χ0n) is 12.2. The molecule has 112 valence electrons. The molecule has 1 aromatic carbocycles. The lowest BCUT2D eigenvalue weighted by molar-refractivity contribution is 0.0930. The van der Waals surface area contributed by atoms with E-state index in [1.165, 1.54) is 14.2 Å². The number of piperidine rings is 1. The van der Waals surface area contributed by atoms with Crippen molar-refractivity contribution in [2.75, 3.05) is 27.3 Å². The third-order valence-corrected chi connectivity index (χ3v) is 3.51. The van der Waals surface area contributed by atoms with Crippen molar-refractivity contribution in [3.63, 3.8) is 0 Å². The minimum atomic E-state index is -0.190. The van der Waals surface area contributed by atoms with E-state index in [9.17, 15) is 4.79 Å². The van der Waals surface area contributed by atoms with Crippen molar-refractivity contribution >= 4 is 5.91 Å². The molecule has 0 spiro atoms. The minimum absolute atomic E-state index is 0.124. The van der Waals surface area contributed by atoms with Gasteiger partial charge in [-0.15, -0.1) is 0 Å². The van der Waals surface area contributed by atoms with Crippen LogP contribution in [0, 0.1) is 11.3 Å². The number of amides is 1. The van der Waals surface area contributed by atoms with Crippen LogP contribution in [0.25, 0.3) is 0 Å². The van der Waals surface area contributed by atoms with Gasteiger partial charge in [0.1, 0.15) is 23.1 Å². The molecule has 0 bridgehead atoms. The highest BCUT2D eigenvalue weighted by molar-refractivity contribution is 5.95. The summed E-state index contributed by atoms with van der Waals surface area (Å²) in [5, 5.41) is 15.4. The fourth-order valence-corrected chi connectivity index (χ4v) is 2.40. The Labute approximate surface area is 124 Å². The van der Waals surface area contributed by atoms with Gasteiger partial charge in [0, 0.05) is 18.2 Å². The molecule has 1 saturated heterocycles. The van der Waals surface area contributed by atoms with E-state index < -0.39 is 0 Å². The summed E-state index contributed by atoms with van der Waals surface area (Å²) in [5.74, 6) is 0.484. The molecule has 2 rings (SSSR count). The Kier molecular flexibility index (Phi) is 5.01. The predicted molar refractivity (Wildman–Crippen MR) is 77.6 cm³/mol. The lowest BCUT2D eigenvalue weighted by Gasteiger charge is -2.24. The first kappa shape index (κ1) is 15.1. The highest BCUT2D eigenvalue weighted by Gasteiger charge is 2.19. The van der Waals surface area contributed by atoms with Crippen molar-refractivity contribution in [1.82, 2.24) is 10.6 Å². The van der Waals surface area contributed by atoms with Crippen LogP contribution in [0.3, 0.4) is 0 Å². The number of nitrogens with zero attached hydrogens (tertiary/aromatic N) is 1. The number of nitrogens with one attached hydrogen (secondary N) is 2. The molecule has 1 aliphatic rings. The maximum atomic E-state index is 12.3. The zero-order chi connectivity index (χ0) is 15.2. The number of carbonyl (C=O) groups is 1. The van der Waals surface area contributed by atoms with E-state index in [2.05, 4.69) is 10.6 Å². The molecule has 0 radical (unpaired) electrons. The molecule has 1 amide bonds. The Hall–Kier alpha value is -2.26. The monoisotopic (exact) mass is 289 g/mol. The van der Waals surface area contributed by atoms with Gasteiger partial charge in [0.25, 0.3) is 5.91 Å². The summed E-state index contributed by atoms with van der Waals surface area (Å²) in [6.07, 6.45) is 2.01. The Bertz CT molecular complexity index is 535. The second-order valence-electron chi connectivity index (χ2n) is 4.88. The second kappa shape index (κ2) is 6.95. The van der Waals surface area contributed by atoms with Gasteiger partial charge in [-0.1, -0.05) is 0 Å². The molecule has 6 heteroatoms. The highest BCUT2D eigenvalue weighted by Crippen LogP contribution is 2.29. The zero-order valence-corrected chi connectivity index (χ0v) is 12.2. The summed E-state index contributed by atoms with van der Waals surface area (Å²) in [4.78, 5) is 12.3. The minimum Gasteiger partial charge on any atom is -0.495 e. The molecular formula is C15H19N3O3. The van der Waals surface area contributed by atoms with Crippen molar-refractivity contribution in [2.45, 2.75) is 18.9 Å². The average Bonchev–Trinajstić information content (AvgIpc) is 2.54. The highest BCUT2D eigenvalue weighted by atomic mass is 16.5. The summed E-state index contributed by atoms with van der Waals surface area (Å²) in [6, 6.07) is 5.27. The number of rotatable bonds is 4. The fraction of sp³-hybridized carbons (Fsp3) is 0.467. The molecule has 1 aromatic rings. The van der Waals surface area contributed by atoms with Crippen LogP contribution in [0.5, 0.6) is 11.5 Å². The lowest BCUT2D eigenvalue weighted by Crippen LogP contribution is -2.45. The van der Waals surface area contributed by atoms with E-state index in [1.54, 1.807) is 12.1 Å². The Morgan fingerprint density at radius 3 is 2.52 bits per heavy atom. The maximum Gasteiger partial charge on any atom is 0.251 e. The number of methoxy groups -OCH3 is 2. The summed E-state index contributed by atoms with van der Waals surface area (Å²) in [5.41, 5.74) is 0.712. The van der Waals surface area contributed by atoms with Gasteiger partial charge in [0.05, 0.1) is 14.2 Å². The van der Waals surface area contributed by atoms with Crippen LogP contribution < -0.4 is 20.1 Å². The molecule has 21 heavy (non-hydrogen) atoms. The molecule has 0 aliphatic carbocycles. The largest absolute Gasteiger partial charge is 0.495 e. The Morgan fingerprint density at radius 1 is 1.38 bits per heavy atom. The van der Waals surface area contributed by atoms with Crippen LogP contribution in [0.4, 0.5) is 0 Å². The van der Waals surface area contributed by atoms with Gasteiger partial charge in [-0.25, -0.2) is 0 Å². The molecule has 1 atom stereocenters. The second-order valence-corrected chi connectivity index (χ2v) is 4.88. The number of carbonyl (C=O) groups excluding carboxylic acids is 1. The van der Waals surface area contributed by atoms with Crippen LogP contribution in [0.1, 0.15) is 28.8 Å². The molecular weight excluding hydrogens is 270 g/mol. The van der Waals surface area contributed by atoms with Gasteiger partial charge in [0.15, 0.2) is 0 Å². The average molecular weight is 289 g/mol. The van der Waals surface area contributed by atoms with Crippen LogP contribution >= 0.6 is 0 Å². The van der Waals surface area contributed by atoms with E-state index in [0.29, 0.717) is 17.1 Å². The molecule has 0 aromatic heterocycles. The molecule has 1 aliphatic heterocycles. The van der Waals surface area contributed by atoms with Gasteiger partial charge < -0.3 is 20.1 Å². The SMILES string of the molecule is COc1cc(C(=O)NC2CCCNC2)cc(OC)c1C#N. The molecule has 2 N–H and O–H groups in total. The summed E-state index contributed by atoms with van der Waals surface area (Å²) < 4.78 is 10.3. The Morgan fingerprint density at radius 2 is 2.05 bits per heavy atom. The predicted octanol–water partition coefficient (Wildman–Crippen LogP) is 1.06. The Balaban J connectivity index is 2.22. The first-order valence-corrected chi connectivity index (χ1v) is 6.87. The standard InChI is InChI=1S/C15H19N3O3/c1-20-13-6-10(7-14(21-2)12(13)8-16)15(19)18-11-4-3-5-17-9-11/h6-7,11,17H,3-5,9H2,1-2H3,(H,18,19). The first-order valence-electron chi connectivity index (χ1n) is 6.87. The van der Waals surface area contributed by atoms with Crippen LogP contribution in [0.15, 0.2) is 12.1 Å². The van der Waals surface area contributed by atoms with E-state index in [4.69, 9.17) is 14.7 Å². The number of hydrogen-bond donors (Lipinski definition) is 2. The third-order valence-electron chi connectivity index (χ3n) is 3.51. The van der Waals surface area contributed by atoms with E-state index in [1.807, 2.05) is 6.07 Å². The normalized spacial score (nSPS) is 17.7. The van der Waals surface area contributed by atoms with Crippen molar-refractivity contribution in [3.05, 3.63) is 23.3 Å². The first-order chi connectivity index (χ1) is 10.2. The van der Waals surface area contributed by atoms with E-state index in [0.717, 1.165) is 25.9 Å². The number of hydrogen-bond acceptors (Lipinski definition) is 5. The summed E-state index contributed by atoms with van der Waals surface area (Å²) in [7, 11) is 2.92. The van der Waals surface area contributed by atoms with Gasteiger partial charge in [-0.3, -0.25) is 4.79 Å². The van der Waals surface area contributed by atoms with Crippen molar-refractivity contribution in [1.29, 1.82) is 5.26 Å². The number of benzene rings is 1. The van der Waals surface area contributed by atoms with Crippen molar-refractivity contribution in [3.8, 4) is 17.6 Å². The smallest absolute Gasteiger partial charge is 0.251 e. The molecule has 1 fully saturated rings. The molecule has 1 heterocycles. The topological polar surface area (TPSA) is 83.4 Å². The molecule has 0 saturated carbocycles. The fourth-order valence-electron chi connectivity index (χ4n) is 2.40. The maximum absolute atomic E-state index is 12.3. The van der Waals surface area contributed by atoms with Crippen LogP contribution in [-0.4, -0.2) is 39.3 Å². The summed E-state index contributed by atoms with van der Waals surface area (Å²) >= 11 is 0. The van der Waals surface area contributed by atoms with Crippen LogP contribution in [-0.2, 0) is 0 Å². The molecule has 6 nitrogen and oxygen atoms in total. The third kappa shape index (κ3) is 3.44. The van der Waals surface area contributed by atoms with Gasteiger partial charge in [-0.05, 0) is 31.5 Å². The number of nitriles is 1. The van der Waals surface area contributed by atoms with E-state index in [-0.39, 0.29) is 17.5 Å². The van der Waals surface area contributed by atoms with Crippen molar-refractivity contribution < 1.29 is 14.3 Å².